The molecule has 432 valence electrons. The minimum atomic E-state index is -4.88. The summed E-state index contributed by atoms with van der Waals surface area (Å²) in [5, 5.41) is 34.8. The summed E-state index contributed by atoms with van der Waals surface area (Å²) in [6, 6.07) is 1.00. The predicted octanol–water partition coefficient (Wildman–Crippen LogP) is 2.18. The van der Waals surface area contributed by atoms with Crippen molar-refractivity contribution in [3.8, 4) is 5.75 Å². The van der Waals surface area contributed by atoms with Crippen LogP contribution in [0, 0.1) is 24.4 Å². The van der Waals surface area contributed by atoms with Gasteiger partial charge in [0, 0.05) is 24.7 Å². The highest BCUT2D eigenvalue weighted by molar-refractivity contribution is 7.70. The molecule has 0 bridgehead atoms. The van der Waals surface area contributed by atoms with E-state index in [0.29, 0.717) is 133 Å². The van der Waals surface area contributed by atoms with E-state index in [4.69, 9.17) is 61.9 Å². The molecule has 1 saturated carbocycles. The molecule has 3 aromatic heterocycles. The second-order valence-electron chi connectivity index (χ2n) is 17.6. The van der Waals surface area contributed by atoms with Crippen LogP contribution >= 0.6 is 15.2 Å². The lowest BCUT2D eigenvalue weighted by Gasteiger charge is -2.30. The van der Waals surface area contributed by atoms with Crippen LogP contribution < -0.4 is 9.64 Å². The zero-order chi connectivity index (χ0) is 55.2. The number of aliphatic hydroxyl groups is 2. The van der Waals surface area contributed by atoms with Crippen LogP contribution in [0.2, 0.25) is 0 Å². The third-order valence-corrected chi connectivity index (χ3v) is 15.1. The maximum atomic E-state index is 13.6. The number of nitrogens with zero attached hydrogens (tertiary/aromatic N) is 8. The molecular formula is C45H67F3N8O19P2. The van der Waals surface area contributed by atoms with E-state index in [0.717, 1.165) is 25.7 Å². The highest BCUT2D eigenvalue weighted by Gasteiger charge is 2.46. The monoisotopic (exact) mass is 1140 g/mol. The number of aromatic nitrogens is 7. The van der Waals surface area contributed by atoms with Crippen molar-refractivity contribution in [2.45, 2.75) is 82.8 Å². The van der Waals surface area contributed by atoms with Gasteiger partial charge in [-0.1, -0.05) is 18.1 Å². The van der Waals surface area contributed by atoms with Gasteiger partial charge < -0.3 is 81.7 Å². The Bertz CT molecular complexity index is 2500. The fourth-order valence-electron chi connectivity index (χ4n) is 8.01. The predicted molar refractivity (Wildman–Crippen MR) is 260 cm³/mol. The normalized spacial score (nSPS) is 18.9. The Hall–Kier alpha value is -4.17. The van der Waals surface area contributed by atoms with Gasteiger partial charge in [-0.25, -0.2) is 32.5 Å². The van der Waals surface area contributed by atoms with Gasteiger partial charge in [-0.2, -0.15) is 5.10 Å². The van der Waals surface area contributed by atoms with Gasteiger partial charge in [0.2, 0.25) is 5.75 Å². The highest BCUT2D eigenvalue weighted by Crippen LogP contribution is 2.55. The maximum absolute atomic E-state index is 13.6. The number of hydrogen-bond donors (Lipinski definition) is 5. The lowest BCUT2D eigenvalue weighted by Crippen LogP contribution is -2.37. The zero-order valence-corrected chi connectivity index (χ0v) is 44.2. The van der Waals surface area contributed by atoms with Gasteiger partial charge in [0.15, 0.2) is 29.4 Å². The van der Waals surface area contributed by atoms with E-state index in [9.17, 15) is 42.2 Å². The van der Waals surface area contributed by atoms with Crippen molar-refractivity contribution in [3.63, 3.8) is 0 Å². The summed E-state index contributed by atoms with van der Waals surface area (Å²) in [6.07, 6.45) is 1.27. The summed E-state index contributed by atoms with van der Waals surface area (Å²) < 4.78 is 126. The Kier molecular flexibility index (Phi) is 25.4. The van der Waals surface area contributed by atoms with Crippen molar-refractivity contribution in [2.75, 3.05) is 123 Å². The summed E-state index contributed by atoms with van der Waals surface area (Å²) in [7, 11) is -9.63. The molecule has 0 spiro atoms. The summed E-state index contributed by atoms with van der Waals surface area (Å²) in [5.41, 5.74) is 0.971. The molecule has 2 fully saturated rings. The SMILES string of the molecule is Cc1nc(N(CCOCCOCCOCCOCc2cn(CCOCCOCCOCCOCCC(=O)Oc3c(F)cc(F)cc3F)nn2)C2CCCC2)c2cnn([C@@H]3O[C@H](COP(=O)(O)CP(=O)(O)O)[C@@H](O)[C@H]3O)c2n1. The van der Waals surface area contributed by atoms with E-state index in [1.54, 1.807) is 24.0 Å². The van der Waals surface area contributed by atoms with Gasteiger partial charge in [-0.15, -0.1) is 5.10 Å². The first-order valence-electron chi connectivity index (χ1n) is 24.8. The minimum Gasteiger partial charge on any atom is -0.420 e. The van der Waals surface area contributed by atoms with E-state index < -0.39 is 81.4 Å². The average molecular weight is 1140 g/mol. The molecule has 4 heterocycles. The molecule has 1 saturated heterocycles. The number of ether oxygens (including phenoxy) is 10. The van der Waals surface area contributed by atoms with Crippen molar-refractivity contribution in [1.29, 1.82) is 0 Å². The largest absolute Gasteiger partial charge is 0.420 e. The van der Waals surface area contributed by atoms with Crippen molar-refractivity contribution >= 4 is 38.0 Å². The van der Waals surface area contributed by atoms with Crippen molar-refractivity contribution < 1.29 is 104 Å². The highest BCUT2D eigenvalue weighted by atomic mass is 31.2. The fourth-order valence-corrected chi connectivity index (χ4v) is 10.6. The minimum absolute atomic E-state index is 0.0625. The summed E-state index contributed by atoms with van der Waals surface area (Å²) in [6.45, 7) is 6.81. The van der Waals surface area contributed by atoms with E-state index in [-0.39, 0.29) is 38.9 Å². The van der Waals surface area contributed by atoms with Crippen LogP contribution in [0.1, 0.15) is 49.9 Å². The van der Waals surface area contributed by atoms with Gasteiger partial charge in [-0.3, -0.25) is 13.9 Å². The van der Waals surface area contributed by atoms with Crippen LogP contribution in [0.4, 0.5) is 19.0 Å². The van der Waals surface area contributed by atoms with Crippen molar-refractivity contribution in [1.82, 2.24) is 34.7 Å². The second-order valence-corrected chi connectivity index (χ2v) is 21.6. The molecule has 5 atom stereocenters. The third-order valence-electron chi connectivity index (χ3n) is 11.6. The molecule has 4 aromatic rings. The molecule has 77 heavy (non-hydrogen) atoms. The molecule has 1 aliphatic carbocycles. The van der Waals surface area contributed by atoms with Crippen molar-refractivity contribution in [2.24, 2.45) is 0 Å². The number of carbonyl (C=O) groups excluding carboxylic acids is 1. The first-order chi connectivity index (χ1) is 37.0. The second kappa shape index (κ2) is 31.6. The van der Waals surface area contributed by atoms with Crippen molar-refractivity contribution in [3.05, 3.63) is 53.5 Å². The average Bonchev–Trinajstić information content (AvgIpc) is 4.20. The molecular weight excluding hydrogens is 1080 g/mol. The van der Waals surface area contributed by atoms with Crippen LogP contribution in [0.15, 0.2) is 24.5 Å². The van der Waals surface area contributed by atoms with Crippen LogP contribution in [-0.2, 0) is 74.2 Å². The van der Waals surface area contributed by atoms with Crippen LogP contribution in [-0.4, -0.2) is 208 Å². The number of rotatable bonds is 38. The quantitative estimate of drug-likeness (QED) is 0.0186. The topological polar surface area (TPSA) is 331 Å². The number of aryl methyl sites for hydroxylation is 1. The summed E-state index contributed by atoms with van der Waals surface area (Å²) in [5.74, 6) is -6.04. The van der Waals surface area contributed by atoms with E-state index in [2.05, 4.69) is 30.0 Å². The molecule has 27 nitrogen and oxygen atoms in total. The number of hydrogen-bond acceptors (Lipinski definition) is 22. The molecule has 32 heteroatoms. The van der Waals surface area contributed by atoms with Crippen LogP contribution in [0.5, 0.6) is 5.75 Å². The molecule has 0 amide bonds. The molecule has 6 rings (SSSR count). The number of fused-ring (bicyclic) bond motifs is 1. The number of anilines is 1. The summed E-state index contributed by atoms with van der Waals surface area (Å²) >= 11 is 0. The van der Waals surface area contributed by atoms with Crippen LogP contribution in [0.3, 0.4) is 0 Å². The molecule has 1 unspecified atom stereocenters. The fraction of sp³-hybridized carbons (Fsp3) is 0.689. The summed E-state index contributed by atoms with van der Waals surface area (Å²) in [4.78, 5) is 51.3. The Morgan fingerprint density at radius 3 is 1.96 bits per heavy atom. The number of aliphatic hydroxyl groups excluding tert-OH is 2. The Labute approximate surface area is 440 Å². The Morgan fingerprint density at radius 2 is 1.35 bits per heavy atom. The zero-order valence-electron chi connectivity index (χ0n) is 42.4. The molecule has 2 aliphatic rings. The number of halogens is 3. The van der Waals surface area contributed by atoms with Gasteiger partial charge in [0.05, 0.1) is 143 Å². The lowest BCUT2D eigenvalue weighted by atomic mass is 10.1. The molecule has 5 N–H and O–H groups in total. The number of esters is 1. The van der Waals surface area contributed by atoms with Gasteiger partial charge in [0.25, 0.3) is 0 Å². The first-order valence-corrected chi connectivity index (χ1v) is 28.4. The van der Waals surface area contributed by atoms with E-state index in [1.807, 2.05) is 0 Å². The third kappa shape index (κ3) is 20.8. The molecule has 1 aliphatic heterocycles. The molecule has 1 aromatic carbocycles. The standard InChI is InChI=1S/C45H67F3N8O19P2/c1-31-50-43(35-26-49-56(44(35)51-31)45-41(59)40(58)38(74-45)29-73-77(63,64)30-76(60,61)62)55(34-4-2-3-5-34)8-11-67-14-17-70-20-21-71-22-23-72-28-33-27-54(53-52-33)7-10-66-13-16-69-19-18-68-15-12-65-9-6-39(57)75-42-36(47)24-32(46)25-37(42)48/h24-27,34,38,40-41,45,58-59H,2-23,28-30H2,1H3,(H,63,64)(H2,60,61,62)/t38-,40-,41-,45-/m1/s1. The Morgan fingerprint density at radius 1 is 0.779 bits per heavy atom. The lowest BCUT2D eigenvalue weighted by molar-refractivity contribution is -0.136. The first kappa shape index (κ1) is 62.0. The maximum Gasteiger partial charge on any atom is 0.340 e. The van der Waals surface area contributed by atoms with E-state index in [1.165, 1.54) is 4.68 Å². The van der Waals surface area contributed by atoms with E-state index >= 15 is 0 Å². The Balaban J connectivity index is 0.755. The van der Waals surface area contributed by atoms with Crippen LogP contribution in [0.25, 0.3) is 11.0 Å². The van der Waals surface area contributed by atoms with Gasteiger partial charge in [-0.05, 0) is 19.8 Å². The number of benzene rings is 1. The number of carbonyl (C=O) groups is 1. The van der Waals surface area contributed by atoms with Gasteiger partial charge in [0.1, 0.15) is 41.5 Å². The van der Waals surface area contributed by atoms with Gasteiger partial charge >= 0.3 is 21.2 Å². The molecule has 0 radical (unpaired) electrons. The smallest absolute Gasteiger partial charge is 0.340 e.